The summed E-state index contributed by atoms with van der Waals surface area (Å²) < 4.78 is 4.61. The van der Waals surface area contributed by atoms with E-state index >= 15 is 0 Å². The Morgan fingerprint density at radius 3 is 1.40 bits per heavy atom. The van der Waals surface area contributed by atoms with Crippen molar-refractivity contribution < 1.29 is 103 Å². The molecule has 0 bridgehead atoms. The number of carbonyl (C=O) groups is 4. The molecule has 0 spiro atoms. The van der Waals surface area contributed by atoms with Crippen molar-refractivity contribution in [2.45, 2.75) is 0 Å². The van der Waals surface area contributed by atoms with E-state index in [1.807, 2.05) is 0 Å². The number of hydrogen-bond donors (Lipinski definition) is 4. The number of carboxylic acids is 3. The summed E-state index contributed by atoms with van der Waals surface area (Å²) in [4.78, 5) is 45.8. The fourth-order valence-electron chi connectivity index (χ4n) is 1.67. The van der Waals surface area contributed by atoms with Gasteiger partial charge >= 0.3 is 83.0 Å². The van der Waals surface area contributed by atoms with E-state index in [4.69, 9.17) is 20.4 Å². The summed E-state index contributed by atoms with van der Waals surface area (Å²) in [7, 11) is 0. The Kier molecular flexibility index (Phi) is 20.3. The second-order valence-electron chi connectivity index (χ2n) is 4.55. The average Bonchev–Trinajstić information content (AvgIpc) is 2.40. The molecule has 0 aliphatic carbocycles. The molecule has 0 heterocycles. The first kappa shape index (κ1) is 29.5. The molecule has 0 amide bonds. The molecule has 0 aromatic heterocycles. The zero-order chi connectivity index (χ0) is 17.8. The Morgan fingerprint density at radius 2 is 1.08 bits per heavy atom. The second-order valence-corrected chi connectivity index (χ2v) is 4.55. The van der Waals surface area contributed by atoms with Crippen LogP contribution in [0.5, 0.6) is 0 Å². The first-order chi connectivity index (χ1) is 10.7. The molecule has 0 aliphatic heterocycles. The van der Waals surface area contributed by atoms with E-state index in [0.29, 0.717) is 0 Å². The van der Waals surface area contributed by atoms with Crippen molar-refractivity contribution in [2.24, 2.45) is 0 Å². The zero-order valence-corrected chi connectivity index (χ0v) is 18.4. The van der Waals surface area contributed by atoms with Gasteiger partial charge in [-0.3, -0.25) is 29.0 Å². The van der Waals surface area contributed by atoms with Crippen LogP contribution >= 0.6 is 0 Å². The topological polar surface area (TPSA) is 165 Å². The molecule has 0 unspecified atom stereocenters. The predicted octanol–water partition coefficient (Wildman–Crippen LogP) is -8.61. The summed E-state index contributed by atoms with van der Waals surface area (Å²) in [5.74, 6) is -4.40. The van der Waals surface area contributed by atoms with Crippen LogP contribution in [0.1, 0.15) is 0 Å². The third kappa shape index (κ3) is 18.4. The minimum atomic E-state index is -1.22. The molecule has 0 fully saturated rings. The number of aliphatic carboxylic acids is 3. The number of esters is 1. The minimum Gasteiger partial charge on any atom is -0.480 e. The van der Waals surface area contributed by atoms with Gasteiger partial charge in [0.2, 0.25) is 0 Å². The molecule has 0 saturated carbocycles. The molecule has 13 heteroatoms. The van der Waals surface area contributed by atoms with Gasteiger partial charge in [0, 0.05) is 13.1 Å². The van der Waals surface area contributed by atoms with Gasteiger partial charge in [-0.15, -0.1) is 0 Å². The first-order valence-corrected chi connectivity index (χ1v) is 6.61. The zero-order valence-electron chi connectivity index (χ0n) is 14.4. The molecular weight excluding hydrogens is 362 g/mol. The molecule has 0 atom stereocenters. The molecule has 0 radical (unpaired) electrons. The van der Waals surface area contributed by atoms with Crippen molar-refractivity contribution >= 4 is 23.9 Å². The number of carboxylic acid groups (broad SMARTS) is 3. The van der Waals surface area contributed by atoms with Crippen LogP contribution in [0.3, 0.4) is 0 Å². The number of aliphatic hydroxyl groups excluding tert-OH is 1. The molecule has 0 aromatic rings. The summed E-state index contributed by atoms with van der Waals surface area (Å²) in [6, 6.07) is 0. The van der Waals surface area contributed by atoms with Gasteiger partial charge in [-0.25, -0.2) is 0 Å². The van der Waals surface area contributed by atoms with Gasteiger partial charge < -0.3 is 25.2 Å². The monoisotopic (exact) mass is 382 g/mol. The van der Waals surface area contributed by atoms with Gasteiger partial charge in [-0.2, -0.15) is 0 Å². The summed E-state index contributed by atoms with van der Waals surface area (Å²) in [6.45, 7) is -2.60. The van der Waals surface area contributed by atoms with Gasteiger partial charge in [0.25, 0.3) is 0 Å². The van der Waals surface area contributed by atoms with E-state index in [9.17, 15) is 19.2 Å². The predicted molar refractivity (Wildman–Crippen MR) is 73.8 cm³/mol. The minimum absolute atomic E-state index is 0. The smallest absolute Gasteiger partial charge is 0.480 e. The number of carbonyl (C=O) groups excluding carboxylic acids is 1. The van der Waals surface area contributed by atoms with E-state index in [1.165, 1.54) is 4.90 Å². The Balaban J connectivity index is -0.00000242. The fourth-order valence-corrected chi connectivity index (χ4v) is 1.67. The van der Waals surface area contributed by atoms with Crippen molar-refractivity contribution in [1.82, 2.24) is 9.80 Å². The summed E-state index contributed by atoms with van der Waals surface area (Å²) >= 11 is 0. The largest absolute Gasteiger partial charge is 1.00 e. The Labute approximate surface area is 188 Å². The van der Waals surface area contributed by atoms with Crippen molar-refractivity contribution in [3.8, 4) is 0 Å². The molecule has 0 rings (SSSR count). The summed E-state index contributed by atoms with van der Waals surface area (Å²) in [5.41, 5.74) is 0. The summed E-state index contributed by atoms with van der Waals surface area (Å²) in [6.07, 6.45) is 0. The van der Waals surface area contributed by atoms with E-state index < -0.39 is 43.5 Å². The molecule has 0 aromatic carbocycles. The molecule has 4 N–H and O–H groups in total. The molecule has 0 saturated heterocycles. The van der Waals surface area contributed by atoms with Crippen LogP contribution in [-0.4, -0.2) is 107 Å². The van der Waals surface area contributed by atoms with E-state index in [2.05, 4.69) is 4.74 Å². The number of rotatable bonds is 13. The maximum atomic E-state index is 11.4. The molecule has 132 valence electrons. The van der Waals surface area contributed by atoms with Crippen molar-refractivity contribution in [3.05, 3.63) is 0 Å². The van der Waals surface area contributed by atoms with Gasteiger partial charge in [-0.1, -0.05) is 0 Å². The van der Waals surface area contributed by atoms with Crippen LogP contribution in [-0.2, 0) is 23.9 Å². The van der Waals surface area contributed by atoms with Gasteiger partial charge in [-0.05, 0) is 0 Å². The van der Waals surface area contributed by atoms with Crippen LogP contribution in [0.4, 0.5) is 0 Å². The standard InChI is InChI=1S/C12H20N2O9.2Na/c15-3-4-23-12(22)8-14(7-11(20)21)2-1-13(5-9(16)17)6-10(18)19;;/h15H,1-8H2,(H,16,17)(H,18,19)(H,20,21);;/q;2*+1. The third-order valence-electron chi connectivity index (χ3n) is 2.52. The number of aliphatic hydroxyl groups is 1. The first-order valence-electron chi connectivity index (χ1n) is 6.61. The number of hydrogen-bond acceptors (Lipinski definition) is 8. The number of nitrogens with zero attached hydrogens (tertiary/aromatic N) is 2. The van der Waals surface area contributed by atoms with E-state index in [1.54, 1.807) is 0 Å². The third-order valence-corrected chi connectivity index (χ3v) is 2.52. The van der Waals surface area contributed by atoms with Crippen LogP contribution < -0.4 is 59.1 Å². The SMILES string of the molecule is O=C(O)CN(CCN(CC(=O)O)CC(=O)OCCO)CC(=O)O.[Na+].[Na+]. The van der Waals surface area contributed by atoms with Crippen molar-refractivity contribution in [1.29, 1.82) is 0 Å². The van der Waals surface area contributed by atoms with Gasteiger partial charge in [0.1, 0.15) is 6.61 Å². The van der Waals surface area contributed by atoms with Gasteiger partial charge in [0.05, 0.1) is 32.8 Å². The quantitative estimate of drug-likeness (QED) is 0.177. The molecular formula is C12H20N2Na2O9+2. The average molecular weight is 382 g/mol. The normalized spacial score (nSPS) is 9.88. The van der Waals surface area contributed by atoms with E-state index in [0.717, 1.165) is 4.90 Å². The van der Waals surface area contributed by atoms with Crippen LogP contribution in [0.2, 0.25) is 0 Å². The van der Waals surface area contributed by atoms with Crippen LogP contribution in [0.25, 0.3) is 0 Å². The summed E-state index contributed by atoms with van der Waals surface area (Å²) in [5, 5.41) is 34.7. The van der Waals surface area contributed by atoms with Crippen LogP contribution in [0.15, 0.2) is 0 Å². The Morgan fingerprint density at radius 1 is 0.720 bits per heavy atom. The maximum absolute atomic E-state index is 11.4. The second kappa shape index (κ2) is 17.2. The van der Waals surface area contributed by atoms with Gasteiger partial charge in [0.15, 0.2) is 0 Å². The van der Waals surface area contributed by atoms with Crippen molar-refractivity contribution in [3.63, 3.8) is 0 Å². The van der Waals surface area contributed by atoms with Crippen LogP contribution in [0, 0.1) is 0 Å². The van der Waals surface area contributed by atoms with Crippen molar-refractivity contribution in [2.75, 3.05) is 52.5 Å². The van der Waals surface area contributed by atoms with E-state index in [-0.39, 0.29) is 92.0 Å². The Hall–Kier alpha value is -0.240. The number of ether oxygens (including phenoxy) is 1. The molecule has 25 heavy (non-hydrogen) atoms. The molecule has 11 nitrogen and oxygen atoms in total. The maximum Gasteiger partial charge on any atom is 1.00 e. The fraction of sp³-hybridized carbons (Fsp3) is 0.667. The molecule has 0 aliphatic rings. The Bertz CT molecular complexity index is 421.